The van der Waals surface area contributed by atoms with E-state index >= 15 is 0 Å². The van der Waals surface area contributed by atoms with Gasteiger partial charge in [-0.05, 0) is 36.0 Å². The van der Waals surface area contributed by atoms with E-state index in [9.17, 15) is 14.4 Å². The highest BCUT2D eigenvalue weighted by molar-refractivity contribution is 7.80. The molecule has 0 radical (unpaired) electrons. The molecule has 2 aromatic rings. The smallest absolute Gasteiger partial charge is 0.306 e. The predicted octanol–water partition coefficient (Wildman–Crippen LogP) is 2.43. The third-order valence-corrected chi connectivity index (χ3v) is 4.12. The molecule has 2 aromatic carbocycles. The van der Waals surface area contributed by atoms with Crippen molar-refractivity contribution in [3.8, 4) is 0 Å². The van der Waals surface area contributed by atoms with Crippen LogP contribution in [0, 0.1) is 0 Å². The Morgan fingerprint density at radius 3 is 2.48 bits per heavy atom. The van der Waals surface area contributed by atoms with Crippen molar-refractivity contribution in [3.05, 3.63) is 65.7 Å². The van der Waals surface area contributed by atoms with Gasteiger partial charge in [0.25, 0.3) is 5.91 Å². The maximum Gasteiger partial charge on any atom is 0.306 e. The van der Waals surface area contributed by atoms with Crippen molar-refractivity contribution < 1.29 is 19.1 Å². The lowest BCUT2D eigenvalue weighted by atomic mass is 10.2. The van der Waals surface area contributed by atoms with Crippen LogP contribution in [0.4, 0.5) is 5.69 Å². The maximum atomic E-state index is 12.0. The number of amides is 2. The molecule has 0 fully saturated rings. The zero-order chi connectivity index (χ0) is 21.1. The molecule has 0 saturated carbocycles. The first-order chi connectivity index (χ1) is 14.0. The molecule has 2 amide bonds. The van der Waals surface area contributed by atoms with Crippen LogP contribution < -0.4 is 16.0 Å². The van der Waals surface area contributed by atoms with E-state index < -0.39 is 11.9 Å². The fourth-order valence-electron chi connectivity index (χ4n) is 2.45. The SMILES string of the molecule is CNC(=O)c1cccc(NC(=S)NC(=O)CCC(=O)OCCc2ccccc2)c1. The summed E-state index contributed by atoms with van der Waals surface area (Å²) >= 11 is 5.09. The van der Waals surface area contributed by atoms with Crippen LogP contribution in [0.1, 0.15) is 28.8 Å². The summed E-state index contributed by atoms with van der Waals surface area (Å²) in [7, 11) is 1.54. The van der Waals surface area contributed by atoms with Crippen molar-refractivity contribution in [2.75, 3.05) is 19.0 Å². The molecular formula is C21H23N3O4S. The Morgan fingerprint density at radius 1 is 1.00 bits per heavy atom. The number of esters is 1. The standard InChI is InChI=1S/C21H23N3O4S/c1-22-20(27)16-8-5-9-17(14-16)23-21(29)24-18(25)10-11-19(26)28-13-12-15-6-3-2-4-7-15/h2-9,14H,10-13H2,1H3,(H,22,27)(H2,23,24,25,29). The number of nitrogens with one attached hydrogen (secondary N) is 3. The van der Waals surface area contributed by atoms with Crippen LogP contribution in [-0.4, -0.2) is 36.6 Å². The average molecular weight is 413 g/mol. The molecule has 29 heavy (non-hydrogen) atoms. The van der Waals surface area contributed by atoms with Gasteiger partial charge in [0.05, 0.1) is 13.0 Å². The lowest BCUT2D eigenvalue weighted by molar-refractivity contribution is -0.144. The van der Waals surface area contributed by atoms with E-state index in [4.69, 9.17) is 17.0 Å². The molecule has 0 bridgehead atoms. The topological polar surface area (TPSA) is 96.5 Å². The van der Waals surface area contributed by atoms with Gasteiger partial charge in [-0.3, -0.25) is 14.4 Å². The maximum absolute atomic E-state index is 12.0. The molecule has 0 aliphatic heterocycles. The number of carbonyl (C=O) groups is 3. The molecule has 3 N–H and O–H groups in total. The molecule has 2 rings (SSSR count). The van der Waals surface area contributed by atoms with Crippen LogP contribution in [0.25, 0.3) is 0 Å². The van der Waals surface area contributed by atoms with Crippen LogP contribution >= 0.6 is 12.2 Å². The van der Waals surface area contributed by atoms with E-state index in [1.807, 2.05) is 30.3 Å². The lowest BCUT2D eigenvalue weighted by Gasteiger charge is -2.10. The van der Waals surface area contributed by atoms with Gasteiger partial charge in [-0.25, -0.2) is 0 Å². The van der Waals surface area contributed by atoms with Gasteiger partial charge < -0.3 is 20.7 Å². The van der Waals surface area contributed by atoms with Crippen LogP contribution in [0.15, 0.2) is 54.6 Å². The van der Waals surface area contributed by atoms with Gasteiger partial charge in [-0.15, -0.1) is 0 Å². The Hall–Kier alpha value is -3.26. The Labute approximate surface area is 174 Å². The van der Waals surface area contributed by atoms with E-state index in [2.05, 4.69) is 16.0 Å². The largest absolute Gasteiger partial charge is 0.465 e. The zero-order valence-electron chi connectivity index (χ0n) is 16.1. The minimum Gasteiger partial charge on any atom is -0.465 e. The lowest BCUT2D eigenvalue weighted by Crippen LogP contribution is -2.34. The van der Waals surface area contributed by atoms with Gasteiger partial charge in [0, 0.05) is 31.1 Å². The Bertz CT molecular complexity index is 871. The third kappa shape index (κ3) is 8.10. The molecule has 0 spiro atoms. The molecule has 0 aliphatic carbocycles. The Balaban J connectivity index is 1.68. The number of benzene rings is 2. The summed E-state index contributed by atoms with van der Waals surface area (Å²) in [5, 5.41) is 7.95. The summed E-state index contributed by atoms with van der Waals surface area (Å²) in [5.41, 5.74) is 2.11. The number of ether oxygens (including phenoxy) is 1. The quantitative estimate of drug-likeness (QED) is 0.454. The first kappa shape index (κ1) is 22.0. The normalized spacial score (nSPS) is 9.97. The number of hydrogen-bond acceptors (Lipinski definition) is 5. The minimum absolute atomic E-state index is 0.0323. The molecular weight excluding hydrogens is 390 g/mol. The fraction of sp³-hybridized carbons (Fsp3) is 0.238. The van der Waals surface area contributed by atoms with E-state index in [0.29, 0.717) is 17.7 Å². The van der Waals surface area contributed by atoms with Gasteiger partial charge in [-0.2, -0.15) is 0 Å². The van der Waals surface area contributed by atoms with Crippen molar-refractivity contribution in [2.24, 2.45) is 0 Å². The van der Waals surface area contributed by atoms with Crippen LogP contribution in [0.3, 0.4) is 0 Å². The number of hydrogen-bond donors (Lipinski definition) is 3. The third-order valence-electron chi connectivity index (χ3n) is 3.92. The zero-order valence-corrected chi connectivity index (χ0v) is 16.9. The molecule has 8 heteroatoms. The number of thiocarbonyl (C=S) groups is 1. The number of rotatable bonds is 8. The van der Waals surface area contributed by atoms with E-state index in [1.54, 1.807) is 31.3 Å². The monoisotopic (exact) mass is 413 g/mol. The van der Waals surface area contributed by atoms with Gasteiger partial charge in [0.15, 0.2) is 5.11 Å². The molecule has 0 aliphatic rings. The van der Waals surface area contributed by atoms with Crippen molar-refractivity contribution >= 4 is 40.8 Å². The Kier molecular flexibility index (Phi) is 8.78. The summed E-state index contributed by atoms with van der Waals surface area (Å²) < 4.78 is 5.14. The molecule has 0 atom stereocenters. The summed E-state index contributed by atoms with van der Waals surface area (Å²) in [6.07, 6.45) is 0.557. The van der Waals surface area contributed by atoms with E-state index in [0.717, 1.165) is 5.56 Å². The van der Waals surface area contributed by atoms with E-state index in [-0.39, 0.29) is 30.5 Å². The molecule has 0 saturated heterocycles. The highest BCUT2D eigenvalue weighted by Crippen LogP contribution is 2.10. The molecule has 0 unspecified atom stereocenters. The van der Waals surface area contributed by atoms with Gasteiger partial charge in [0.1, 0.15) is 0 Å². The van der Waals surface area contributed by atoms with Gasteiger partial charge in [0.2, 0.25) is 5.91 Å². The summed E-state index contributed by atoms with van der Waals surface area (Å²) in [4.78, 5) is 35.4. The minimum atomic E-state index is -0.437. The fourth-order valence-corrected chi connectivity index (χ4v) is 2.68. The van der Waals surface area contributed by atoms with Crippen LogP contribution in [-0.2, 0) is 20.7 Å². The summed E-state index contributed by atoms with van der Waals surface area (Å²) in [5.74, 6) is -1.06. The predicted molar refractivity (Wildman–Crippen MR) is 115 cm³/mol. The highest BCUT2D eigenvalue weighted by atomic mass is 32.1. The first-order valence-electron chi connectivity index (χ1n) is 9.10. The van der Waals surface area contributed by atoms with E-state index in [1.165, 1.54) is 0 Å². The van der Waals surface area contributed by atoms with Gasteiger partial charge in [-0.1, -0.05) is 36.4 Å². The average Bonchev–Trinajstić information content (AvgIpc) is 2.72. The van der Waals surface area contributed by atoms with Crippen molar-refractivity contribution in [3.63, 3.8) is 0 Å². The van der Waals surface area contributed by atoms with Crippen molar-refractivity contribution in [2.45, 2.75) is 19.3 Å². The van der Waals surface area contributed by atoms with Crippen molar-refractivity contribution in [1.29, 1.82) is 0 Å². The Morgan fingerprint density at radius 2 is 1.76 bits per heavy atom. The molecule has 152 valence electrons. The second-order valence-electron chi connectivity index (χ2n) is 6.12. The van der Waals surface area contributed by atoms with Crippen LogP contribution in [0.2, 0.25) is 0 Å². The number of anilines is 1. The van der Waals surface area contributed by atoms with Crippen LogP contribution in [0.5, 0.6) is 0 Å². The molecule has 0 aromatic heterocycles. The molecule has 0 heterocycles. The second kappa shape index (κ2) is 11.6. The molecule has 7 nitrogen and oxygen atoms in total. The highest BCUT2D eigenvalue weighted by Gasteiger charge is 2.10. The first-order valence-corrected chi connectivity index (χ1v) is 9.51. The number of carbonyl (C=O) groups excluding carboxylic acids is 3. The summed E-state index contributed by atoms with van der Waals surface area (Å²) in [6, 6.07) is 16.4. The van der Waals surface area contributed by atoms with Crippen molar-refractivity contribution in [1.82, 2.24) is 10.6 Å². The summed E-state index contributed by atoms with van der Waals surface area (Å²) in [6.45, 7) is 0.270. The van der Waals surface area contributed by atoms with Gasteiger partial charge >= 0.3 is 5.97 Å². The second-order valence-corrected chi connectivity index (χ2v) is 6.53.